The second-order valence-electron chi connectivity index (χ2n) is 2.99. The van der Waals surface area contributed by atoms with Gasteiger partial charge in [0.05, 0.1) is 0 Å². The van der Waals surface area contributed by atoms with Crippen LogP contribution in [0.5, 0.6) is 0 Å². The van der Waals surface area contributed by atoms with Crippen LogP contribution in [-0.2, 0) is 6.42 Å². The minimum atomic E-state index is 0. The van der Waals surface area contributed by atoms with E-state index in [1.165, 1.54) is 31.2 Å². The normalized spacial score (nSPS) is 9.31. The number of hydrogen-bond acceptors (Lipinski definition) is 0. The summed E-state index contributed by atoms with van der Waals surface area (Å²) in [5, 5.41) is 1.14. The van der Waals surface area contributed by atoms with E-state index >= 15 is 0 Å². The van der Waals surface area contributed by atoms with Gasteiger partial charge in [-0.1, -0.05) is 52.7 Å². The van der Waals surface area contributed by atoms with Crippen LogP contribution in [0, 0.1) is 0 Å². The Morgan fingerprint density at radius 3 is 2.31 bits per heavy atom. The predicted octanol–water partition coefficient (Wildman–Crippen LogP) is 3.64. The molecule has 0 spiro atoms. The molecule has 0 nitrogen and oxygen atoms in total. The summed E-state index contributed by atoms with van der Waals surface area (Å²) < 4.78 is 0. The SMILES string of the molecule is BrCCCCCc1ccccc1.[H-].[H-].[Mg+2]. The molecule has 13 heavy (non-hydrogen) atoms. The molecular weight excluding hydrogens is 236 g/mol. The van der Waals surface area contributed by atoms with Crippen LogP contribution in [0.15, 0.2) is 30.3 Å². The van der Waals surface area contributed by atoms with Gasteiger partial charge < -0.3 is 2.85 Å². The summed E-state index contributed by atoms with van der Waals surface area (Å²) in [5.74, 6) is 0. The van der Waals surface area contributed by atoms with Gasteiger partial charge in [-0.3, -0.25) is 0 Å². The van der Waals surface area contributed by atoms with Gasteiger partial charge in [-0.25, -0.2) is 0 Å². The molecule has 0 aliphatic heterocycles. The molecule has 2 heteroatoms. The van der Waals surface area contributed by atoms with Gasteiger partial charge in [0.2, 0.25) is 0 Å². The Morgan fingerprint density at radius 1 is 1.00 bits per heavy atom. The molecule has 0 heterocycles. The smallest absolute Gasteiger partial charge is 1.00 e. The van der Waals surface area contributed by atoms with Crippen LogP contribution in [0.3, 0.4) is 0 Å². The molecule has 0 saturated carbocycles. The Hall–Kier alpha value is 0.466. The van der Waals surface area contributed by atoms with Crippen molar-refractivity contribution in [2.45, 2.75) is 25.7 Å². The van der Waals surface area contributed by atoms with Crippen LogP contribution in [-0.4, -0.2) is 28.4 Å². The minimum absolute atomic E-state index is 0. The Bertz CT molecular complexity index is 207. The van der Waals surface area contributed by atoms with Crippen molar-refractivity contribution in [2.75, 3.05) is 5.33 Å². The zero-order valence-electron chi connectivity index (χ0n) is 10.0. The summed E-state index contributed by atoms with van der Waals surface area (Å²) in [6.45, 7) is 0. The topological polar surface area (TPSA) is 0 Å². The third-order valence-electron chi connectivity index (χ3n) is 1.94. The zero-order chi connectivity index (χ0) is 8.65. The second-order valence-corrected chi connectivity index (χ2v) is 3.78. The van der Waals surface area contributed by atoms with Crippen molar-refractivity contribution in [3.8, 4) is 0 Å². The molecule has 0 aliphatic carbocycles. The Kier molecular flexibility index (Phi) is 9.36. The van der Waals surface area contributed by atoms with E-state index in [0.29, 0.717) is 0 Å². The third-order valence-corrected chi connectivity index (χ3v) is 2.50. The number of alkyl halides is 1. The first-order valence-corrected chi connectivity index (χ1v) is 5.65. The Labute approximate surface area is 108 Å². The number of hydrogen-bond donors (Lipinski definition) is 0. The van der Waals surface area contributed by atoms with Crippen molar-refractivity contribution in [3.05, 3.63) is 35.9 Å². The molecule has 1 aromatic rings. The van der Waals surface area contributed by atoms with Crippen molar-refractivity contribution in [1.29, 1.82) is 0 Å². The van der Waals surface area contributed by atoms with E-state index < -0.39 is 0 Å². The summed E-state index contributed by atoms with van der Waals surface area (Å²) in [5.41, 5.74) is 1.46. The van der Waals surface area contributed by atoms with Crippen molar-refractivity contribution >= 4 is 39.0 Å². The van der Waals surface area contributed by atoms with Crippen LogP contribution >= 0.6 is 15.9 Å². The summed E-state index contributed by atoms with van der Waals surface area (Å²) in [7, 11) is 0. The molecule has 0 unspecified atom stereocenters. The molecule has 1 rings (SSSR count). The molecule has 0 radical (unpaired) electrons. The van der Waals surface area contributed by atoms with Gasteiger partial charge in [-0.2, -0.15) is 0 Å². The maximum absolute atomic E-state index is 3.44. The van der Waals surface area contributed by atoms with Crippen LogP contribution in [0.25, 0.3) is 0 Å². The Morgan fingerprint density at radius 2 is 1.69 bits per heavy atom. The fourth-order valence-corrected chi connectivity index (χ4v) is 1.64. The van der Waals surface area contributed by atoms with Crippen molar-refractivity contribution in [2.24, 2.45) is 0 Å². The first-order valence-electron chi connectivity index (χ1n) is 4.53. The van der Waals surface area contributed by atoms with E-state index in [2.05, 4.69) is 46.3 Å². The monoisotopic (exact) mass is 252 g/mol. The molecule has 0 aliphatic rings. The molecule has 1 aromatic carbocycles. The summed E-state index contributed by atoms with van der Waals surface area (Å²) in [6, 6.07) is 10.7. The van der Waals surface area contributed by atoms with E-state index in [-0.39, 0.29) is 25.9 Å². The van der Waals surface area contributed by atoms with E-state index in [1.807, 2.05) is 0 Å². The van der Waals surface area contributed by atoms with Crippen molar-refractivity contribution < 1.29 is 2.85 Å². The predicted molar refractivity (Wildman–Crippen MR) is 65.8 cm³/mol. The number of benzene rings is 1. The van der Waals surface area contributed by atoms with Crippen LogP contribution in [0.4, 0.5) is 0 Å². The standard InChI is InChI=1S/C11H15Br.Mg.2H/c12-10-6-2-5-9-11-7-3-1-4-8-11;;;/h1,3-4,7-8H,2,5-6,9-10H2;;;/q;+2;2*-1. The average molecular weight is 253 g/mol. The van der Waals surface area contributed by atoms with Crippen molar-refractivity contribution in [1.82, 2.24) is 0 Å². The quantitative estimate of drug-likeness (QED) is 0.427. The number of unbranched alkanes of at least 4 members (excludes halogenated alkanes) is 2. The number of aryl methyl sites for hydroxylation is 1. The number of rotatable bonds is 5. The van der Waals surface area contributed by atoms with E-state index in [4.69, 9.17) is 0 Å². The summed E-state index contributed by atoms with van der Waals surface area (Å²) in [4.78, 5) is 0. The number of halogens is 1. The van der Waals surface area contributed by atoms with Gasteiger partial charge in [-0.05, 0) is 24.8 Å². The molecule has 0 N–H and O–H groups in total. The molecule has 0 bridgehead atoms. The van der Waals surface area contributed by atoms with Gasteiger partial charge in [0.25, 0.3) is 0 Å². The van der Waals surface area contributed by atoms with Crippen LogP contribution in [0.2, 0.25) is 0 Å². The molecule has 0 aromatic heterocycles. The molecule has 0 saturated heterocycles. The van der Waals surface area contributed by atoms with Gasteiger partial charge >= 0.3 is 23.1 Å². The van der Waals surface area contributed by atoms with Crippen LogP contribution < -0.4 is 0 Å². The van der Waals surface area contributed by atoms with E-state index in [9.17, 15) is 0 Å². The molecular formula is C11H17BrMg. The summed E-state index contributed by atoms with van der Waals surface area (Å²) in [6.07, 6.45) is 5.18. The maximum Gasteiger partial charge on any atom is 2.00 e. The first kappa shape index (κ1) is 13.5. The van der Waals surface area contributed by atoms with Gasteiger partial charge in [0, 0.05) is 5.33 Å². The minimum Gasteiger partial charge on any atom is -1.00 e. The zero-order valence-corrected chi connectivity index (χ0v) is 11.0. The molecule has 0 amide bonds. The Balaban J connectivity index is -0.000000480. The summed E-state index contributed by atoms with van der Waals surface area (Å²) >= 11 is 3.44. The van der Waals surface area contributed by atoms with Gasteiger partial charge in [0.15, 0.2) is 0 Å². The third kappa shape index (κ3) is 6.53. The fourth-order valence-electron chi connectivity index (χ4n) is 1.25. The average Bonchev–Trinajstić information content (AvgIpc) is 2.14. The fraction of sp³-hybridized carbons (Fsp3) is 0.455. The van der Waals surface area contributed by atoms with E-state index in [1.54, 1.807) is 0 Å². The molecule has 0 fully saturated rings. The largest absolute Gasteiger partial charge is 2.00 e. The maximum atomic E-state index is 3.44. The van der Waals surface area contributed by atoms with Crippen molar-refractivity contribution in [3.63, 3.8) is 0 Å². The molecule has 70 valence electrons. The molecule has 0 atom stereocenters. The van der Waals surface area contributed by atoms with E-state index in [0.717, 1.165) is 5.33 Å². The van der Waals surface area contributed by atoms with Gasteiger partial charge in [0.1, 0.15) is 0 Å². The van der Waals surface area contributed by atoms with Crippen LogP contribution in [0.1, 0.15) is 27.7 Å². The first-order chi connectivity index (χ1) is 5.93. The van der Waals surface area contributed by atoms with Gasteiger partial charge in [-0.15, -0.1) is 0 Å². The second kappa shape index (κ2) is 9.04.